The van der Waals surface area contributed by atoms with Crippen LogP contribution in [-0.2, 0) is 6.54 Å². The van der Waals surface area contributed by atoms with E-state index in [1.165, 1.54) is 47.1 Å². The molecule has 0 spiro atoms. The quantitative estimate of drug-likeness (QED) is 0.564. The van der Waals surface area contributed by atoms with E-state index in [1.807, 2.05) is 0 Å². The minimum absolute atomic E-state index is 0.150. The second-order valence-corrected chi connectivity index (χ2v) is 6.91. The molecule has 0 saturated carbocycles. The summed E-state index contributed by atoms with van der Waals surface area (Å²) < 4.78 is 0. The molecule has 1 N–H and O–H groups in total. The number of benzene rings is 2. The van der Waals surface area contributed by atoms with Crippen LogP contribution in [0.25, 0.3) is 0 Å². The molecule has 0 bridgehead atoms. The summed E-state index contributed by atoms with van der Waals surface area (Å²) in [7, 11) is 0. The van der Waals surface area contributed by atoms with Gasteiger partial charge in [-0.25, -0.2) is 0 Å². The number of allylic oxidation sites excluding steroid dienone is 3. The first-order chi connectivity index (χ1) is 12.8. The molecule has 2 aromatic rings. The molecule has 1 unspecified atom stereocenters. The normalized spacial score (nSPS) is 16.0. The lowest BCUT2D eigenvalue weighted by Gasteiger charge is -2.26. The molecule has 1 nitrogen and oxygen atoms in total. The average molecular weight is 344 g/mol. The Hall–Kier alpha value is -2.38. The van der Waals surface area contributed by atoms with Gasteiger partial charge in [-0.2, -0.15) is 0 Å². The second-order valence-electron chi connectivity index (χ2n) is 6.91. The maximum absolute atomic E-state index is 4.47. The van der Waals surface area contributed by atoms with Gasteiger partial charge in [-0.1, -0.05) is 79.4 Å². The van der Waals surface area contributed by atoms with E-state index in [0.29, 0.717) is 0 Å². The SMILES string of the molecule is C=C(C1=CCCCC1)/C(=C\C)C(NCc1ccccc1)c1ccccc1. The van der Waals surface area contributed by atoms with Crippen LogP contribution < -0.4 is 5.32 Å². The highest BCUT2D eigenvalue weighted by molar-refractivity contribution is 5.50. The van der Waals surface area contributed by atoms with Crippen LogP contribution in [0.3, 0.4) is 0 Å². The summed E-state index contributed by atoms with van der Waals surface area (Å²) in [6, 6.07) is 21.4. The smallest absolute Gasteiger partial charge is 0.0581 e. The fourth-order valence-corrected chi connectivity index (χ4v) is 3.68. The third kappa shape index (κ3) is 4.62. The van der Waals surface area contributed by atoms with Gasteiger partial charge in [0.1, 0.15) is 0 Å². The van der Waals surface area contributed by atoms with E-state index in [2.05, 4.69) is 91.6 Å². The molecule has 3 rings (SSSR count). The van der Waals surface area contributed by atoms with Gasteiger partial charge >= 0.3 is 0 Å². The number of rotatable bonds is 7. The monoisotopic (exact) mass is 343 g/mol. The first kappa shape index (κ1) is 18.4. The molecular weight excluding hydrogens is 314 g/mol. The minimum Gasteiger partial charge on any atom is -0.302 e. The summed E-state index contributed by atoms with van der Waals surface area (Å²) in [4.78, 5) is 0. The van der Waals surface area contributed by atoms with Crippen LogP contribution >= 0.6 is 0 Å². The van der Waals surface area contributed by atoms with Gasteiger partial charge in [0.25, 0.3) is 0 Å². The highest BCUT2D eigenvalue weighted by atomic mass is 14.9. The van der Waals surface area contributed by atoms with Gasteiger partial charge in [0.2, 0.25) is 0 Å². The van der Waals surface area contributed by atoms with Crippen molar-refractivity contribution >= 4 is 0 Å². The summed E-state index contributed by atoms with van der Waals surface area (Å²) in [6.45, 7) is 7.44. The molecule has 0 fully saturated rings. The first-order valence-corrected chi connectivity index (χ1v) is 9.66. The van der Waals surface area contributed by atoms with Crippen LogP contribution in [-0.4, -0.2) is 0 Å². The standard InChI is InChI=1S/C25H29N/c1-3-24(20(2)22-15-9-5-10-16-22)25(23-17-11-6-12-18-23)26-19-21-13-7-4-8-14-21/h3-4,6-8,11-15,17-18,25-26H,2,5,9-10,16,19H2,1H3/b24-3+. The van der Waals surface area contributed by atoms with E-state index in [4.69, 9.17) is 0 Å². The van der Waals surface area contributed by atoms with E-state index >= 15 is 0 Å². The number of hydrogen-bond donors (Lipinski definition) is 1. The summed E-state index contributed by atoms with van der Waals surface area (Å²) in [5, 5.41) is 3.77. The van der Waals surface area contributed by atoms with Crippen LogP contribution in [0.4, 0.5) is 0 Å². The van der Waals surface area contributed by atoms with E-state index in [1.54, 1.807) is 0 Å². The van der Waals surface area contributed by atoms with Crippen molar-refractivity contribution < 1.29 is 0 Å². The topological polar surface area (TPSA) is 12.0 Å². The van der Waals surface area contributed by atoms with Crippen LogP contribution in [0.2, 0.25) is 0 Å². The molecule has 134 valence electrons. The number of nitrogens with one attached hydrogen (secondary N) is 1. The van der Waals surface area contributed by atoms with Gasteiger partial charge in [-0.3, -0.25) is 0 Å². The highest BCUT2D eigenvalue weighted by Crippen LogP contribution is 2.34. The van der Waals surface area contributed by atoms with Gasteiger partial charge in [-0.05, 0) is 60.5 Å². The molecule has 0 heterocycles. The van der Waals surface area contributed by atoms with Gasteiger partial charge in [0.05, 0.1) is 6.04 Å². The molecule has 2 aromatic carbocycles. The molecule has 0 aromatic heterocycles. The maximum atomic E-state index is 4.47. The predicted molar refractivity (Wildman–Crippen MR) is 112 cm³/mol. The molecule has 1 atom stereocenters. The summed E-state index contributed by atoms with van der Waals surface area (Å²) >= 11 is 0. The van der Waals surface area contributed by atoms with Crippen LogP contribution in [0.1, 0.15) is 49.8 Å². The Morgan fingerprint density at radius 1 is 1.04 bits per heavy atom. The molecular formula is C25H29N. The lowest BCUT2D eigenvalue weighted by Crippen LogP contribution is -2.24. The summed E-state index contributed by atoms with van der Waals surface area (Å²) in [5.41, 5.74) is 6.49. The fourth-order valence-electron chi connectivity index (χ4n) is 3.68. The zero-order valence-corrected chi connectivity index (χ0v) is 15.7. The third-order valence-electron chi connectivity index (χ3n) is 5.14. The van der Waals surface area contributed by atoms with Crippen molar-refractivity contribution in [2.75, 3.05) is 0 Å². The summed E-state index contributed by atoms with van der Waals surface area (Å²) in [5.74, 6) is 0. The van der Waals surface area contributed by atoms with Gasteiger partial charge in [0.15, 0.2) is 0 Å². The van der Waals surface area contributed by atoms with Crippen molar-refractivity contribution in [1.29, 1.82) is 0 Å². The lowest BCUT2D eigenvalue weighted by atomic mass is 9.85. The highest BCUT2D eigenvalue weighted by Gasteiger charge is 2.20. The Kier molecular flexibility index (Phi) is 6.62. The van der Waals surface area contributed by atoms with E-state index < -0.39 is 0 Å². The van der Waals surface area contributed by atoms with E-state index in [9.17, 15) is 0 Å². The van der Waals surface area contributed by atoms with Crippen molar-refractivity contribution in [1.82, 2.24) is 5.32 Å². The van der Waals surface area contributed by atoms with Crippen molar-refractivity contribution in [3.63, 3.8) is 0 Å². The molecule has 0 saturated heterocycles. The van der Waals surface area contributed by atoms with Crippen molar-refractivity contribution in [2.24, 2.45) is 0 Å². The van der Waals surface area contributed by atoms with E-state index in [-0.39, 0.29) is 6.04 Å². The van der Waals surface area contributed by atoms with Crippen LogP contribution in [0.5, 0.6) is 0 Å². The Balaban J connectivity index is 1.86. The van der Waals surface area contributed by atoms with E-state index in [0.717, 1.165) is 13.0 Å². The molecule has 0 radical (unpaired) electrons. The van der Waals surface area contributed by atoms with Gasteiger partial charge in [-0.15, -0.1) is 0 Å². The molecule has 1 aliphatic rings. The first-order valence-electron chi connectivity index (χ1n) is 9.66. The third-order valence-corrected chi connectivity index (χ3v) is 5.14. The van der Waals surface area contributed by atoms with Crippen LogP contribution in [0.15, 0.2) is 96.1 Å². The zero-order chi connectivity index (χ0) is 18.2. The van der Waals surface area contributed by atoms with Crippen molar-refractivity contribution in [3.05, 3.63) is 107 Å². The summed E-state index contributed by atoms with van der Waals surface area (Å²) in [6.07, 6.45) is 9.52. The lowest BCUT2D eigenvalue weighted by molar-refractivity contribution is 0.597. The molecule has 26 heavy (non-hydrogen) atoms. The molecule has 0 aliphatic heterocycles. The van der Waals surface area contributed by atoms with Gasteiger partial charge < -0.3 is 5.32 Å². The predicted octanol–water partition coefficient (Wildman–Crippen LogP) is 6.52. The maximum Gasteiger partial charge on any atom is 0.0581 e. The minimum atomic E-state index is 0.150. The average Bonchev–Trinajstić information content (AvgIpc) is 2.72. The largest absolute Gasteiger partial charge is 0.302 e. The number of hydrogen-bond acceptors (Lipinski definition) is 1. The molecule has 1 aliphatic carbocycles. The Morgan fingerprint density at radius 3 is 2.35 bits per heavy atom. The Bertz CT molecular complexity index is 768. The van der Waals surface area contributed by atoms with Gasteiger partial charge in [0, 0.05) is 6.54 Å². The molecule has 1 heteroatoms. The second kappa shape index (κ2) is 9.35. The zero-order valence-electron chi connectivity index (χ0n) is 15.7. The van der Waals surface area contributed by atoms with Crippen LogP contribution in [0, 0.1) is 0 Å². The Labute approximate surface area is 158 Å². The van der Waals surface area contributed by atoms with Crippen molar-refractivity contribution in [3.8, 4) is 0 Å². The Morgan fingerprint density at radius 2 is 1.73 bits per heavy atom. The fraction of sp³-hybridized carbons (Fsp3) is 0.280. The molecule has 0 amide bonds. The van der Waals surface area contributed by atoms with Crippen molar-refractivity contribution in [2.45, 2.75) is 45.2 Å².